The number of methoxy groups -OCH3 is 1. The van der Waals surface area contributed by atoms with Gasteiger partial charge in [0.25, 0.3) is 0 Å². The molecule has 1 rings (SSSR count). The lowest BCUT2D eigenvalue weighted by Crippen LogP contribution is -2.37. The highest BCUT2D eigenvalue weighted by Crippen LogP contribution is 2.20. The molecule has 5 nitrogen and oxygen atoms in total. The van der Waals surface area contributed by atoms with Crippen LogP contribution in [0, 0.1) is 6.92 Å². The van der Waals surface area contributed by atoms with Crippen LogP contribution in [0.4, 0.5) is 5.69 Å². The Morgan fingerprint density at radius 2 is 2.21 bits per heavy atom. The number of likely N-dealkylation sites (N-methyl/N-ethyl adjacent to an activating group) is 1. The third kappa shape index (κ3) is 4.89. The van der Waals surface area contributed by atoms with Gasteiger partial charge in [0, 0.05) is 32.0 Å². The number of benzene rings is 1. The molecule has 19 heavy (non-hydrogen) atoms. The second-order valence-electron chi connectivity index (χ2n) is 4.49. The number of carbonyl (C=O) groups is 1. The molecule has 0 unspecified atom stereocenters. The number of carbonyl (C=O) groups excluding carboxylic acids is 1. The second kappa shape index (κ2) is 7.76. The van der Waals surface area contributed by atoms with Crippen LogP contribution >= 0.6 is 0 Å². The van der Waals surface area contributed by atoms with Crippen LogP contribution in [0.1, 0.15) is 11.1 Å². The molecule has 0 spiro atoms. The van der Waals surface area contributed by atoms with Crippen LogP contribution in [0.5, 0.6) is 0 Å². The molecule has 1 amide bonds. The van der Waals surface area contributed by atoms with E-state index >= 15 is 0 Å². The number of anilines is 1. The van der Waals surface area contributed by atoms with E-state index in [0.29, 0.717) is 13.2 Å². The van der Waals surface area contributed by atoms with E-state index < -0.39 is 0 Å². The number of nitrogens with one attached hydrogen (secondary N) is 1. The Bertz CT molecular complexity index is 421. The highest BCUT2D eigenvalue weighted by Gasteiger charge is 2.10. The van der Waals surface area contributed by atoms with Gasteiger partial charge >= 0.3 is 0 Å². The van der Waals surface area contributed by atoms with Gasteiger partial charge in [-0.15, -0.1) is 0 Å². The van der Waals surface area contributed by atoms with Crippen molar-refractivity contribution in [3.8, 4) is 0 Å². The molecule has 0 saturated heterocycles. The fourth-order valence-electron chi connectivity index (χ4n) is 1.86. The molecule has 0 fully saturated rings. The molecule has 0 atom stereocenters. The molecule has 0 radical (unpaired) electrons. The molecule has 0 aliphatic carbocycles. The van der Waals surface area contributed by atoms with Crippen molar-refractivity contribution in [3.63, 3.8) is 0 Å². The smallest absolute Gasteiger partial charge is 0.239 e. The third-order valence-corrected chi connectivity index (χ3v) is 2.83. The van der Waals surface area contributed by atoms with Crippen LogP contribution in [0.3, 0.4) is 0 Å². The Hall–Kier alpha value is -1.59. The molecule has 0 bridgehead atoms. The average molecular weight is 266 g/mol. The van der Waals surface area contributed by atoms with Gasteiger partial charge in [-0.2, -0.15) is 0 Å². The van der Waals surface area contributed by atoms with Gasteiger partial charge in [-0.1, -0.05) is 17.7 Å². The molecule has 106 valence electrons. The lowest BCUT2D eigenvalue weighted by molar-refractivity contribution is -0.119. The Morgan fingerprint density at radius 3 is 2.84 bits per heavy atom. The fraction of sp³-hybridized carbons (Fsp3) is 0.500. The number of rotatable bonds is 7. The number of aliphatic hydroxyl groups excluding tert-OH is 1. The van der Waals surface area contributed by atoms with Gasteiger partial charge in [0.05, 0.1) is 19.8 Å². The number of hydrogen-bond donors (Lipinski definition) is 2. The van der Waals surface area contributed by atoms with Gasteiger partial charge in [0.2, 0.25) is 5.91 Å². The van der Waals surface area contributed by atoms with E-state index in [4.69, 9.17) is 4.74 Å². The molecule has 0 saturated carbocycles. The van der Waals surface area contributed by atoms with Gasteiger partial charge in [-0.25, -0.2) is 0 Å². The van der Waals surface area contributed by atoms with Crippen molar-refractivity contribution in [1.29, 1.82) is 0 Å². The quantitative estimate of drug-likeness (QED) is 0.713. The van der Waals surface area contributed by atoms with Crippen LogP contribution in [0.15, 0.2) is 18.2 Å². The SMILES string of the molecule is COCCNC(=O)CN(C)c1ccc(C)cc1CO. The first-order chi connectivity index (χ1) is 9.08. The van der Waals surface area contributed by atoms with E-state index in [2.05, 4.69) is 5.32 Å². The Morgan fingerprint density at radius 1 is 1.47 bits per heavy atom. The maximum absolute atomic E-state index is 11.7. The Balaban J connectivity index is 2.62. The molecule has 1 aromatic carbocycles. The minimum atomic E-state index is -0.0657. The number of nitrogens with zero attached hydrogens (tertiary/aromatic N) is 1. The number of amides is 1. The molecule has 2 N–H and O–H groups in total. The lowest BCUT2D eigenvalue weighted by Gasteiger charge is -2.21. The van der Waals surface area contributed by atoms with Crippen molar-refractivity contribution in [1.82, 2.24) is 5.32 Å². The predicted octanol–water partition coefficient (Wildman–Crippen LogP) is 0.686. The standard InChI is InChI=1S/C14H22N2O3/c1-11-4-5-13(12(8-11)10-17)16(2)9-14(18)15-6-7-19-3/h4-5,8,17H,6-7,9-10H2,1-3H3,(H,15,18). The molecule has 5 heteroatoms. The highest BCUT2D eigenvalue weighted by atomic mass is 16.5. The third-order valence-electron chi connectivity index (χ3n) is 2.83. The summed E-state index contributed by atoms with van der Waals surface area (Å²) in [6, 6.07) is 5.81. The van der Waals surface area contributed by atoms with Crippen LogP contribution in [-0.4, -0.2) is 44.9 Å². The van der Waals surface area contributed by atoms with Crippen molar-refractivity contribution < 1.29 is 14.6 Å². The van der Waals surface area contributed by atoms with E-state index in [1.165, 1.54) is 0 Å². The first kappa shape index (κ1) is 15.5. The molecule has 0 aliphatic heterocycles. The van der Waals surface area contributed by atoms with Crippen LogP contribution in [-0.2, 0) is 16.1 Å². The average Bonchev–Trinajstić information content (AvgIpc) is 2.38. The van der Waals surface area contributed by atoms with Crippen LogP contribution < -0.4 is 10.2 Å². The van der Waals surface area contributed by atoms with Crippen molar-refractivity contribution in [2.24, 2.45) is 0 Å². The van der Waals surface area contributed by atoms with Gasteiger partial charge in [-0.05, 0) is 13.0 Å². The predicted molar refractivity (Wildman–Crippen MR) is 75.3 cm³/mol. The Kier molecular flexibility index (Phi) is 6.32. The van der Waals surface area contributed by atoms with Gasteiger partial charge in [-0.3, -0.25) is 4.79 Å². The summed E-state index contributed by atoms with van der Waals surface area (Å²) in [6.45, 7) is 3.19. The van der Waals surface area contributed by atoms with Gasteiger partial charge in [0.15, 0.2) is 0 Å². The van der Waals surface area contributed by atoms with Crippen molar-refractivity contribution in [2.45, 2.75) is 13.5 Å². The summed E-state index contributed by atoms with van der Waals surface area (Å²) in [5, 5.41) is 12.1. The summed E-state index contributed by atoms with van der Waals surface area (Å²) in [5.41, 5.74) is 2.79. The number of aliphatic hydroxyl groups is 1. The maximum Gasteiger partial charge on any atom is 0.239 e. The van der Waals surface area contributed by atoms with E-state index in [9.17, 15) is 9.90 Å². The molecule has 0 aliphatic rings. The topological polar surface area (TPSA) is 61.8 Å². The number of aryl methyl sites for hydroxylation is 1. The number of ether oxygens (including phenoxy) is 1. The second-order valence-corrected chi connectivity index (χ2v) is 4.49. The zero-order chi connectivity index (χ0) is 14.3. The zero-order valence-corrected chi connectivity index (χ0v) is 11.8. The highest BCUT2D eigenvalue weighted by molar-refractivity contribution is 5.81. The molecule has 0 heterocycles. The molecule has 0 aromatic heterocycles. The first-order valence-electron chi connectivity index (χ1n) is 6.25. The van der Waals surface area contributed by atoms with Gasteiger partial charge < -0.3 is 20.1 Å². The van der Waals surface area contributed by atoms with Crippen molar-refractivity contribution in [2.75, 3.05) is 38.8 Å². The minimum Gasteiger partial charge on any atom is -0.392 e. The summed E-state index contributed by atoms with van der Waals surface area (Å²) in [6.07, 6.45) is 0. The lowest BCUT2D eigenvalue weighted by atomic mass is 10.1. The Labute approximate surface area is 114 Å². The molecular formula is C14H22N2O3. The molecular weight excluding hydrogens is 244 g/mol. The van der Waals surface area contributed by atoms with Crippen molar-refractivity contribution >= 4 is 11.6 Å². The van der Waals surface area contributed by atoms with E-state index in [1.54, 1.807) is 7.11 Å². The van der Waals surface area contributed by atoms with Crippen LogP contribution in [0.25, 0.3) is 0 Å². The summed E-state index contributed by atoms with van der Waals surface area (Å²) in [4.78, 5) is 13.5. The summed E-state index contributed by atoms with van der Waals surface area (Å²) in [7, 11) is 3.43. The fourth-order valence-corrected chi connectivity index (χ4v) is 1.86. The first-order valence-corrected chi connectivity index (χ1v) is 6.25. The van der Waals surface area contributed by atoms with E-state index in [-0.39, 0.29) is 19.1 Å². The summed E-state index contributed by atoms with van der Waals surface area (Å²) >= 11 is 0. The van der Waals surface area contributed by atoms with E-state index in [1.807, 2.05) is 37.1 Å². The number of hydrogen-bond acceptors (Lipinski definition) is 4. The minimum absolute atomic E-state index is 0.0351. The maximum atomic E-state index is 11.7. The summed E-state index contributed by atoms with van der Waals surface area (Å²) in [5.74, 6) is -0.0657. The molecule has 1 aromatic rings. The van der Waals surface area contributed by atoms with Gasteiger partial charge in [0.1, 0.15) is 0 Å². The normalized spacial score (nSPS) is 10.3. The van der Waals surface area contributed by atoms with E-state index in [0.717, 1.165) is 16.8 Å². The summed E-state index contributed by atoms with van der Waals surface area (Å²) < 4.78 is 4.87. The largest absolute Gasteiger partial charge is 0.392 e. The van der Waals surface area contributed by atoms with Crippen molar-refractivity contribution in [3.05, 3.63) is 29.3 Å². The van der Waals surface area contributed by atoms with Crippen LogP contribution in [0.2, 0.25) is 0 Å². The monoisotopic (exact) mass is 266 g/mol. The zero-order valence-electron chi connectivity index (χ0n) is 11.8.